The van der Waals surface area contributed by atoms with Crippen LogP contribution in [0.5, 0.6) is 5.75 Å². The SMILES string of the molecule is CCOC(=O)C1CCN(C(=O)C(Cc2ccc(OC)cc2)NC(=O)NCCc2c[nH]cn2)CC1. The fourth-order valence-corrected chi connectivity index (χ4v) is 3.95. The van der Waals surface area contributed by atoms with E-state index in [2.05, 4.69) is 20.6 Å². The summed E-state index contributed by atoms with van der Waals surface area (Å²) in [5, 5.41) is 5.63. The Balaban J connectivity index is 1.60. The van der Waals surface area contributed by atoms with Gasteiger partial charge >= 0.3 is 12.0 Å². The third-order valence-corrected chi connectivity index (χ3v) is 5.85. The first-order chi connectivity index (χ1) is 16.5. The number of carbonyl (C=O) groups is 3. The summed E-state index contributed by atoms with van der Waals surface area (Å²) < 4.78 is 10.3. The minimum Gasteiger partial charge on any atom is -0.497 e. The highest BCUT2D eigenvalue weighted by Crippen LogP contribution is 2.20. The molecule has 1 saturated heterocycles. The van der Waals surface area contributed by atoms with Crippen molar-refractivity contribution in [2.75, 3.05) is 33.4 Å². The Bertz CT molecular complexity index is 924. The third-order valence-electron chi connectivity index (χ3n) is 5.85. The number of carbonyl (C=O) groups excluding carboxylic acids is 3. The summed E-state index contributed by atoms with van der Waals surface area (Å²) in [6, 6.07) is 6.26. The van der Waals surface area contributed by atoms with Crippen LogP contribution < -0.4 is 15.4 Å². The number of likely N-dealkylation sites (tertiary alicyclic amines) is 1. The number of ether oxygens (including phenoxy) is 2. The lowest BCUT2D eigenvalue weighted by molar-refractivity contribution is -0.151. The normalized spacial score (nSPS) is 14.8. The Labute approximate surface area is 199 Å². The van der Waals surface area contributed by atoms with Gasteiger partial charge in [-0.3, -0.25) is 9.59 Å². The molecule has 10 nitrogen and oxygen atoms in total. The second-order valence-electron chi connectivity index (χ2n) is 8.17. The summed E-state index contributed by atoms with van der Waals surface area (Å²) in [4.78, 5) is 46.7. The maximum absolute atomic E-state index is 13.4. The Morgan fingerprint density at radius 3 is 2.56 bits per heavy atom. The molecule has 1 unspecified atom stereocenters. The molecule has 10 heteroatoms. The van der Waals surface area contributed by atoms with Gasteiger partial charge in [0, 0.05) is 38.7 Å². The van der Waals surface area contributed by atoms with Gasteiger partial charge in [0.15, 0.2) is 0 Å². The van der Waals surface area contributed by atoms with Gasteiger partial charge in [0.05, 0.1) is 31.7 Å². The first-order valence-electron chi connectivity index (χ1n) is 11.6. The van der Waals surface area contributed by atoms with Crippen molar-refractivity contribution in [2.24, 2.45) is 5.92 Å². The third kappa shape index (κ3) is 7.23. The second kappa shape index (κ2) is 12.6. The Kier molecular flexibility index (Phi) is 9.30. The van der Waals surface area contributed by atoms with E-state index in [0.29, 0.717) is 51.9 Å². The van der Waals surface area contributed by atoms with E-state index >= 15 is 0 Å². The molecule has 1 fully saturated rings. The highest BCUT2D eigenvalue weighted by Gasteiger charge is 2.32. The van der Waals surface area contributed by atoms with Crippen LogP contribution in [0.2, 0.25) is 0 Å². The number of esters is 1. The molecule has 3 rings (SSSR count). The molecule has 1 aromatic heterocycles. The average Bonchev–Trinajstić information content (AvgIpc) is 3.37. The van der Waals surface area contributed by atoms with E-state index in [4.69, 9.17) is 9.47 Å². The molecule has 2 aromatic rings. The zero-order valence-electron chi connectivity index (χ0n) is 19.7. The molecule has 1 atom stereocenters. The van der Waals surface area contributed by atoms with Crippen LogP contribution in [0.15, 0.2) is 36.8 Å². The summed E-state index contributed by atoms with van der Waals surface area (Å²) in [6.45, 7) is 3.42. The molecule has 1 aromatic carbocycles. The largest absolute Gasteiger partial charge is 0.497 e. The van der Waals surface area contributed by atoms with Crippen molar-refractivity contribution in [3.05, 3.63) is 48.0 Å². The summed E-state index contributed by atoms with van der Waals surface area (Å²) in [5.74, 6) is 0.151. The lowest BCUT2D eigenvalue weighted by Crippen LogP contribution is -2.54. The molecule has 0 radical (unpaired) electrons. The number of hydrogen-bond donors (Lipinski definition) is 3. The number of amides is 3. The molecular weight excluding hydrogens is 438 g/mol. The summed E-state index contributed by atoms with van der Waals surface area (Å²) >= 11 is 0. The first kappa shape index (κ1) is 25.1. The number of piperidine rings is 1. The monoisotopic (exact) mass is 471 g/mol. The maximum atomic E-state index is 13.4. The fourth-order valence-electron chi connectivity index (χ4n) is 3.95. The molecule has 3 amide bonds. The van der Waals surface area contributed by atoms with E-state index in [1.807, 2.05) is 24.3 Å². The Morgan fingerprint density at radius 1 is 1.21 bits per heavy atom. The van der Waals surface area contributed by atoms with Crippen molar-refractivity contribution in [2.45, 2.75) is 38.6 Å². The van der Waals surface area contributed by atoms with Gasteiger partial charge in [0.2, 0.25) is 5.91 Å². The van der Waals surface area contributed by atoms with Crippen LogP contribution in [0.3, 0.4) is 0 Å². The predicted octanol–water partition coefficient (Wildman–Crippen LogP) is 1.67. The Morgan fingerprint density at radius 2 is 1.94 bits per heavy atom. The number of rotatable bonds is 10. The summed E-state index contributed by atoms with van der Waals surface area (Å²) in [7, 11) is 1.59. The number of aromatic nitrogens is 2. The van der Waals surface area contributed by atoms with Crippen LogP contribution in [0.1, 0.15) is 31.0 Å². The van der Waals surface area contributed by atoms with Gasteiger partial charge in [-0.2, -0.15) is 0 Å². The number of hydrogen-bond acceptors (Lipinski definition) is 6. The van der Waals surface area contributed by atoms with E-state index in [1.54, 1.807) is 31.5 Å². The van der Waals surface area contributed by atoms with Gasteiger partial charge in [-0.1, -0.05) is 12.1 Å². The topological polar surface area (TPSA) is 126 Å². The molecule has 34 heavy (non-hydrogen) atoms. The number of benzene rings is 1. The highest BCUT2D eigenvalue weighted by atomic mass is 16.5. The number of urea groups is 1. The minimum absolute atomic E-state index is 0.166. The highest BCUT2D eigenvalue weighted by molar-refractivity contribution is 5.87. The van der Waals surface area contributed by atoms with Crippen molar-refractivity contribution in [3.8, 4) is 5.75 Å². The van der Waals surface area contributed by atoms with Crippen LogP contribution in [0.4, 0.5) is 4.79 Å². The summed E-state index contributed by atoms with van der Waals surface area (Å²) in [6.07, 6.45) is 5.38. The summed E-state index contributed by atoms with van der Waals surface area (Å²) in [5.41, 5.74) is 1.74. The van der Waals surface area contributed by atoms with Crippen molar-refractivity contribution >= 4 is 17.9 Å². The zero-order valence-corrected chi connectivity index (χ0v) is 19.7. The molecular formula is C24H33N5O5. The second-order valence-corrected chi connectivity index (χ2v) is 8.17. The van der Waals surface area contributed by atoms with E-state index in [9.17, 15) is 14.4 Å². The van der Waals surface area contributed by atoms with Gasteiger partial charge in [0.25, 0.3) is 0 Å². The van der Waals surface area contributed by atoms with E-state index < -0.39 is 12.1 Å². The average molecular weight is 472 g/mol. The number of H-pyrrole nitrogens is 1. The maximum Gasteiger partial charge on any atom is 0.315 e. The number of imidazole rings is 1. The molecule has 0 bridgehead atoms. The Hall–Kier alpha value is -3.56. The van der Waals surface area contributed by atoms with Crippen LogP contribution in [-0.2, 0) is 27.2 Å². The zero-order chi connectivity index (χ0) is 24.3. The molecule has 0 aliphatic carbocycles. The number of aromatic amines is 1. The van der Waals surface area contributed by atoms with Crippen LogP contribution >= 0.6 is 0 Å². The number of nitrogens with zero attached hydrogens (tertiary/aromatic N) is 2. The molecule has 2 heterocycles. The molecule has 0 spiro atoms. The first-order valence-corrected chi connectivity index (χ1v) is 11.6. The van der Waals surface area contributed by atoms with Gasteiger partial charge in [-0.05, 0) is 37.5 Å². The molecule has 184 valence electrons. The molecule has 3 N–H and O–H groups in total. The lowest BCUT2D eigenvalue weighted by atomic mass is 9.95. The van der Waals surface area contributed by atoms with E-state index in [-0.39, 0.29) is 17.8 Å². The predicted molar refractivity (Wildman–Crippen MR) is 125 cm³/mol. The van der Waals surface area contributed by atoms with Gasteiger partial charge < -0.3 is 30.0 Å². The van der Waals surface area contributed by atoms with E-state index in [1.165, 1.54) is 0 Å². The standard InChI is InChI=1S/C24H33N5O5/c1-3-34-23(31)18-9-12-29(13-10-18)22(30)21(14-17-4-6-20(33-2)7-5-17)28-24(32)26-11-8-19-15-25-16-27-19/h4-7,15-16,18,21H,3,8-14H2,1-2H3,(H,25,27)(H2,26,28,32). The lowest BCUT2D eigenvalue weighted by Gasteiger charge is -2.33. The van der Waals surface area contributed by atoms with Crippen LogP contribution in [0.25, 0.3) is 0 Å². The van der Waals surface area contributed by atoms with Gasteiger partial charge in [-0.25, -0.2) is 9.78 Å². The number of methoxy groups -OCH3 is 1. The van der Waals surface area contributed by atoms with Crippen molar-refractivity contribution in [1.82, 2.24) is 25.5 Å². The van der Waals surface area contributed by atoms with Gasteiger partial charge in [0.1, 0.15) is 11.8 Å². The van der Waals surface area contributed by atoms with Crippen LogP contribution in [0, 0.1) is 5.92 Å². The van der Waals surface area contributed by atoms with Crippen molar-refractivity contribution in [3.63, 3.8) is 0 Å². The smallest absolute Gasteiger partial charge is 0.315 e. The molecule has 0 saturated carbocycles. The quantitative estimate of drug-likeness (QED) is 0.453. The fraction of sp³-hybridized carbons (Fsp3) is 0.500. The molecule has 1 aliphatic heterocycles. The van der Waals surface area contributed by atoms with E-state index in [0.717, 1.165) is 17.0 Å². The number of nitrogens with one attached hydrogen (secondary N) is 3. The minimum atomic E-state index is -0.738. The van der Waals surface area contributed by atoms with Crippen molar-refractivity contribution in [1.29, 1.82) is 0 Å². The van der Waals surface area contributed by atoms with Crippen LogP contribution in [-0.4, -0.2) is 72.2 Å². The van der Waals surface area contributed by atoms with Crippen molar-refractivity contribution < 1.29 is 23.9 Å². The van der Waals surface area contributed by atoms with Gasteiger partial charge in [-0.15, -0.1) is 0 Å². The molecule has 1 aliphatic rings.